The predicted octanol–water partition coefficient (Wildman–Crippen LogP) is 7.56. The Balaban J connectivity index is 1.60. The highest BCUT2D eigenvalue weighted by Crippen LogP contribution is 2.47. The molecular weight excluding hydrogens is 598 g/mol. The Morgan fingerprint density at radius 1 is 1.31 bits per heavy atom. The van der Waals surface area contributed by atoms with Gasteiger partial charge in [0.15, 0.2) is 0 Å². The lowest BCUT2D eigenvalue weighted by Gasteiger charge is -2.26. The van der Waals surface area contributed by atoms with E-state index in [4.69, 9.17) is 16.0 Å². The number of fused-ring (bicyclic) bond motifs is 1. The van der Waals surface area contributed by atoms with E-state index in [0.717, 1.165) is 11.1 Å². The molecule has 1 fully saturated rings. The predicted molar refractivity (Wildman–Crippen MR) is 174 cm³/mol. The number of nitrogens with zero attached hydrogens (tertiary/aromatic N) is 4. The van der Waals surface area contributed by atoms with Gasteiger partial charge in [0.2, 0.25) is 5.89 Å². The molecule has 3 heterocycles. The highest BCUT2D eigenvalue weighted by molar-refractivity contribution is 6.35. The summed E-state index contributed by atoms with van der Waals surface area (Å²) in [7, 11) is 0. The van der Waals surface area contributed by atoms with Crippen LogP contribution in [0.15, 0.2) is 77.0 Å². The second kappa shape index (κ2) is 12.5. The molecule has 1 aliphatic heterocycles. The minimum Gasteiger partial charge on any atom is -0.445 e. The lowest BCUT2D eigenvalue weighted by Crippen LogP contribution is -2.48. The smallest absolute Gasteiger partial charge is 0.262 e. The monoisotopic (exact) mass is 634 g/mol. The zero-order valence-corrected chi connectivity index (χ0v) is 26.7. The summed E-state index contributed by atoms with van der Waals surface area (Å²) < 4.78 is 33.6. The lowest BCUT2D eigenvalue weighted by atomic mass is 9.94. The molecular formula is C33H37ClF2N8O. The molecule has 45 heavy (non-hydrogen) atoms. The van der Waals surface area contributed by atoms with Crippen molar-refractivity contribution in [2.45, 2.75) is 65.5 Å². The molecule has 12 heteroatoms. The van der Waals surface area contributed by atoms with Crippen molar-refractivity contribution < 1.29 is 13.2 Å². The van der Waals surface area contributed by atoms with Crippen molar-refractivity contribution in [3.8, 4) is 6.07 Å². The van der Waals surface area contributed by atoms with Crippen LogP contribution in [0.2, 0.25) is 5.02 Å². The van der Waals surface area contributed by atoms with Crippen molar-refractivity contribution >= 4 is 39.5 Å². The van der Waals surface area contributed by atoms with Gasteiger partial charge in [0.05, 0.1) is 39.7 Å². The molecule has 1 aliphatic carbocycles. The molecule has 0 unspecified atom stereocenters. The van der Waals surface area contributed by atoms with Gasteiger partial charge in [-0.2, -0.15) is 5.26 Å². The Morgan fingerprint density at radius 3 is 2.67 bits per heavy atom. The number of anilines is 2. The van der Waals surface area contributed by atoms with Crippen molar-refractivity contribution in [2.24, 2.45) is 5.41 Å². The molecule has 2 aromatic heterocycles. The van der Waals surface area contributed by atoms with Gasteiger partial charge in [0.1, 0.15) is 17.9 Å². The fourth-order valence-electron chi connectivity index (χ4n) is 5.17. The number of pyridine rings is 1. The average Bonchev–Trinajstić information content (AvgIpc) is 3.37. The number of hydrogen-bond donors (Lipinski definition) is 4. The molecule has 1 atom stereocenters. The third kappa shape index (κ3) is 6.53. The molecule has 0 spiro atoms. The second-order valence-corrected chi connectivity index (χ2v) is 12.9. The zero-order valence-electron chi connectivity index (χ0n) is 25.9. The Hall–Kier alpha value is -4.40. The van der Waals surface area contributed by atoms with Gasteiger partial charge in [-0.15, -0.1) is 5.53 Å². The van der Waals surface area contributed by atoms with Crippen molar-refractivity contribution in [1.29, 1.82) is 5.26 Å². The van der Waals surface area contributed by atoms with Gasteiger partial charge in [-0.3, -0.25) is 9.99 Å². The zero-order chi connectivity index (χ0) is 32.5. The van der Waals surface area contributed by atoms with E-state index < -0.39 is 18.0 Å². The third-order valence-corrected chi connectivity index (χ3v) is 8.22. The molecule has 4 N–H and O–H groups in total. The molecule has 0 radical (unpaired) electrons. The number of allylic oxidation sites excluding steroid dienone is 3. The maximum absolute atomic E-state index is 14.0. The number of oxazole rings is 1. The summed E-state index contributed by atoms with van der Waals surface area (Å²) in [6.45, 7) is 15.1. The van der Waals surface area contributed by atoms with Crippen molar-refractivity contribution in [1.82, 2.24) is 25.9 Å². The normalized spacial score (nSPS) is 17.2. The van der Waals surface area contributed by atoms with Crippen LogP contribution < -0.4 is 21.6 Å². The molecule has 1 saturated carbocycles. The number of rotatable bonds is 11. The van der Waals surface area contributed by atoms with Crippen molar-refractivity contribution in [3.63, 3.8) is 0 Å². The number of nitriles is 1. The summed E-state index contributed by atoms with van der Waals surface area (Å²) in [6.07, 6.45) is 8.22. The maximum Gasteiger partial charge on any atom is 0.262 e. The first-order valence-electron chi connectivity index (χ1n) is 14.6. The molecule has 0 amide bonds. The van der Waals surface area contributed by atoms with Gasteiger partial charge in [-0.1, -0.05) is 51.1 Å². The average molecular weight is 635 g/mol. The van der Waals surface area contributed by atoms with Crippen LogP contribution >= 0.6 is 11.6 Å². The summed E-state index contributed by atoms with van der Waals surface area (Å²) in [6, 6.07) is 5.23. The minimum absolute atomic E-state index is 0.0567. The van der Waals surface area contributed by atoms with Gasteiger partial charge in [0, 0.05) is 35.6 Å². The molecule has 0 saturated heterocycles. The Bertz CT molecular complexity index is 1730. The number of halogens is 3. The molecule has 1 aromatic carbocycles. The highest BCUT2D eigenvalue weighted by Gasteiger charge is 2.56. The fraction of sp³-hybridized carbons (Fsp3) is 0.364. The standard InChI is InChI=1S/C33H37ClF2N8O/c1-7-8-23(30-38-11-12-45-30)19(2)20(3)27(26-17-44(43-42-26)33(9-10-33)31(35)36)41-22-13-24-28(40-18-32(4,5)6)21(15-37)16-39-29(24)25(34)14-22/h7-8,11-14,16-17,27,31,41-43H,3,9-10,18H2,1-2,4-6H3,(H,39,40)/b8-7-,23-19+/t27-/m0/s1. The number of nitrogens with one attached hydrogen (secondary N) is 4. The van der Waals surface area contributed by atoms with Crippen LogP contribution in [0.1, 0.15) is 58.9 Å². The summed E-state index contributed by atoms with van der Waals surface area (Å²) in [5.74, 6) is 0.423. The first-order valence-corrected chi connectivity index (χ1v) is 15.0. The molecule has 0 bridgehead atoms. The first-order chi connectivity index (χ1) is 21.4. The summed E-state index contributed by atoms with van der Waals surface area (Å²) in [5, 5.41) is 19.3. The Labute approximate surface area is 266 Å². The van der Waals surface area contributed by atoms with Gasteiger partial charge < -0.3 is 20.5 Å². The lowest BCUT2D eigenvalue weighted by molar-refractivity contribution is 0.00912. The number of benzene rings is 1. The number of hydrazine groups is 2. The second-order valence-electron chi connectivity index (χ2n) is 12.5. The van der Waals surface area contributed by atoms with Crippen LogP contribution in [-0.2, 0) is 0 Å². The summed E-state index contributed by atoms with van der Waals surface area (Å²) in [4.78, 5) is 8.80. The topological polar surface area (TPSA) is 114 Å². The van der Waals surface area contributed by atoms with E-state index in [1.165, 1.54) is 17.5 Å². The van der Waals surface area contributed by atoms with E-state index in [1.54, 1.807) is 18.5 Å². The molecule has 2 aliphatic rings. The number of hydrogen-bond acceptors (Lipinski definition) is 9. The van der Waals surface area contributed by atoms with E-state index in [2.05, 4.69) is 65.0 Å². The van der Waals surface area contributed by atoms with Crippen LogP contribution in [0.5, 0.6) is 0 Å². The van der Waals surface area contributed by atoms with Crippen LogP contribution in [0, 0.1) is 16.7 Å². The van der Waals surface area contributed by atoms with E-state index in [-0.39, 0.29) is 5.41 Å². The van der Waals surface area contributed by atoms with Gasteiger partial charge in [0.25, 0.3) is 6.43 Å². The van der Waals surface area contributed by atoms with Crippen molar-refractivity contribution in [2.75, 3.05) is 17.2 Å². The Morgan fingerprint density at radius 2 is 2.07 bits per heavy atom. The molecule has 5 rings (SSSR count). The molecule has 3 aromatic rings. The van der Waals surface area contributed by atoms with Gasteiger partial charge >= 0.3 is 0 Å². The minimum atomic E-state index is -2.52. The maximum atomic E-state index is 14.0. The molecule has 9 nitrogen and oxygen atoms in total. The highest BCUT2D eigenvalue weighted by atomic mass is 35.5. The van der Waals surface area contributed by atoms with E-state index in [1.807, 2.05) is 32.1 Å². The van der Waals surface area contributed by atoms with Crippen molar-refractivity contribution in [3.05, 3.63) is 89.0 Å². The summed E-state index contributed by atoms with van der Waals surface area (Å²) >= 11 is 6.78. The van der Waals surface area contributed by atoms with Crippen LogP contribution in [0.4, 0.5) is 20.2 Å². The van der Waals surface area contributed by atoms with Crippen LogP contribution in [-0.4, -0.2) is 39.5 Å². The van der Waals surface area contributed by atoms with E-state index >= 15 is 0 Å². The SMILES string of the molecule is C=C(/C(C)=C(\C=C/C)c1ncco1)[C@H](Nc1cc(Cl)c2ncc(C#N)c(NCC(C)(C)C)c2c1)C1=CN(C2(C(F)F)CC2)NN1. The third-order valence-electron chi connectivity index (χ3n) is 7.93. The number of aromatic nitrogens is 2. The van der Waals surface area contributed by atoms with E-state index in [9.17, 15) is 14.0 Å². The number of alkyl halides is 2. The van der Waals surface area contributed by atoms with Gasteiger partial charge in [-0.25, -0.2) is 13.8 Å². The van der Waals surface area contributed by atoms with Crippen LogP contribution in [0.25, 0.3) is 16.5 Å². The Kier molecular flexibility index (Phi) is 8.92. The fourth-order valence-corrected chi connectivity index (χ4v) is 5.44. The van der Waals surface area contributed by atoms with E-state index in [0.29, 0.717) is 69.4 Å². The quantitative estimate of drug-likeness (QED) is 0.159. The van der Waals surface area contributed by atoms with Crippen LogP contribution in [0.3, 0.4) is 0 Å². The molecule has 236 valence electrons. The van der Waals surface area contributed by atoms with Gasteiger partial charge in [-0.05, 0) is 55.4 Å². The summed E-state index contributed by atoms with van der Waals surface area (Å²) in [5.41, 5.74) is 9.57. The first kappa shape index (κ1) is 32.0. The largest absolute Gasteiger partial charge is 0.445 e.